The zero-order valence-corrected chi connectivity index (χ0v) is 13.8. The number of sulfone groups is 1. The van der Waals surface area contributed by atoms with Gasteiger partial charge in [-0.25, -0.2) is 8.42 Å². The standard InChI is InChI=1S/C16H23ClO2S/c1-3-5-10-16(4-2,12-17)14-11-20(18,19)15-9-7-6-8-13(14)15/h6-9,14H,3-5,10-12H2,1-2H3. The van der Waals surface area contributed by atoms with Crippen LogP contribution in [0.5, 0.6) is 0 Å². The van der Waals surface area contributed by atoms with Crippen molar-refractivity contribution in [3.63, 3.8) is 0 Å². The van der Waals surface area contributed by atoms with E-state index in [1.165, 1.54) is 0 Å². The first kappa shape index (κ1) is 15.8. The van der Waals surface area contributed by atoms with E-state index in [4.69, 9.17) is 11.6 Å². The molecule has 2 unspecified atom stereocenters. The normalized spacial score (nSPS) is 23.2. The fourth-order valence-electron chi connectivity index (χ4n) is 3.34. The highest BCUT2D eigenvalue weighted by atomic mass is 35.5. The van der Waals surface area contributed by atoms with E-state index in [1.807, 2.05) is 12.1 Å². The average molecular weight is 315 g/mol. The van der Waals surface area contributed by atoms with Crippen molar-refractivity contribution in [2.75, 3.05) is 11.6 Å². The number of benzene rings is 1. The Hall–Kier alpha value is -0.540. The predicted octanol–water partition coefficient (Wildman–Crippen LogP) is 4.38. The minimum Gasteiger partial charge on any atom is -0.224 e. The quantitative estimate of drug-likeness (QED) is 0.730. The Balaban J connectivity index is 2.46. The SMILES string of the molecule is CCCCC(CC)(CCl)C1CS(=O)(=O)c2ccccc21. The summed E-state index contributed by atoms with van der Waals surface area (Å²) in [5.74, 6) is 0.784. The number of unbranched alkanes of at least 4 members (excludes halogenated alkanes) is 1. The number of halogens is 1. The first-order valence-corrected chi connectivity index (χ1v) is 9.57. The molecule has 0 radical (unpaired) electrons. The van der Waals surface area contributed by atoms with Crippen LogP contribution < -0.4 is 0 Å². The lowest BCUT2D eigenvalue weighted by Crippen LogP contribution is -2.31. The van der Waals surface area contributed by atoms with Crippen molar-refractivity contribution >= 4 is 21.4 Å². The van der Waals surface area contributed by atoms with Gasteiger partial charge in [-0.1, -0.05) is 44.9 Å². The van der Waals surface area contributed by atoms with Crippen LogP contribution in [-0.4, -0.2) is 20.1 Å². The molecule has 2 nitrogen and oxygen atoms in total. The smallest absolute Gasteiger partial charge is 0.179 e. The first-order chi connectivity index (χ1) is 9.50. The van der Waals surface area contributed by atoms with E-state index in [0.29, 0.717) is 10.8 Å². The summed E-state index contributed by atoms with van der Waals surface area (Å²) in [5, 5.41) is 0. The van der Waals surface area contributed by atoms with Gasteiger partial charge in [0.1, 0.15) is 0 Å². The topological polar surface area (TPSA) is 34.1 Å². The number of rotatable bonds is 6. The summed E-state index contributed by atoms with van der Waals surface area (Å²) in [4.78, 5) is 0.518. The van der Waals surface area contributed by atoms with Crippen molar-refractivity contribution < 1.29 is 8.42 Å². The lowest BCUT2D eigenvalue weighted by molar-refractivity contribution is 0.234. The Morgan fingerprint density at radius 1 is 1.30 bits per heavy atom. The molecule has 1 heterocycles. The van der Waals surface area contributed by atoms with Gasteiger partial charge in [0.05, 0.1) is 10.6 Å². The summed E-state index contributed by atoms with van der Waals surface area (Å²) in [5.41, 5.74) is 0.878. The fraction of sp³-hybridized carbons (Fsp3) is 0.625. The molecule has 0 bridgehead atoms. The van der Waals surface area contributed by atoms with Gasteiger partial charge in [-0.3, -0.25) is 0 Å². The maximum atomic E-state index is 12.4. The zero-order chi connectivity index (χ0) is 14.8. The van der Waals surface area contributed by atoms with Gasteiger partial charge in [0.25, 0.3) is 0 Å². The Kier molecular flexibility index (Phi) is 4.80. The molecule has 1 aromatic rings. The van der Waals surface area contributed by atoms with Gasteiger partial charge in [0, 0.05) is 11.8 Å². The molecule has 2 rings (SSSR count). The summed E-state index contributed by atoms with van der Waals surface area (Å²) in [6.07, 6.45) is 4.13. The highest BCUT2D eigenvalue weighted by Gasteiger charge is 2.45. The second kappa shape index (κ2) is 6.07. The second-order valence-electron chi connectivity index (χ2n) is 5.82. The summed E-state index contributed by atoms with van der Waals surface area (Å²) in [7, 11) is -3.14. The number of hydrogen-bond acceptors (Lipinski definition) is 2. The lowest BCUT2D eigenvalue weighted by atomic mass is 9.69. The minimum absolute atomic E-state index is 0.0396. The van der Waals surface area contributed by atoms with Gasteiger partial charge < -0.3 is 0 Å². The fourth-order valence-corrected chi connectivity index (χ4v) is 5.85. The molecule has 1 aliphatic rings. The van der Waals surface area contributed by atoms with Gasteiger partial charge in [-0.15, -0.1) is 11.6 Å². The molecule has 0 aliphatic carbocycles. The van der Waals surface area contributed by atoms with E-state index < -0.39 is 9.84 Å². The van der Waals surface area contributed by atoms with Gasteiger partial charge in [0.15, 0.2) is 9.84 Å². The Morgan fingerprint density at radius 2 is 2.00 bits per heavy atom. The van der Waals surface area contributed by atoms with Crippen LogP contribution in [0.4, 0.5) is 0 Å². The van der Waals surface area contributed by atoms with E-state index in [2.05, 4.69) is 13.8 Å². The largest absolute Gasteiger partial charge is 0.224 e. The van der Waals surface area contributed by atoms with E-state index >= 15 is 0 Å². The average Bonchev–Trinajstić information content (AvgIpc) is 2.74. The molecular weight excluding hydrogens is 292 g/mol. The van der Waals surface area contributed by atoms with Crippen molar-refractivity contribution in [1.82, 2.24) is 0 Å². The molecule has 2 atom stereocenters. The van der Waals surface area contributed by atoms with Crippen LogP contribution in [-0.2, 0) is 9.84 Å². The molecule has 112 valence electrons. The van der Waals surface area contributed by atoms with E-state index in [0.717, 1.165) is 31.2 Å². The summed E-state index contributed by atoms with van der Waals surface area (Å²) < 4.78 is 24.7. The van der Waals surface area contributed by atoms with Crippen LogP contribution in [0.1, 0.15) is 51.0 Å². The molecule has 0 aromatic heterocycles. The van der Waals surface area contributed by atoms with Crippen LogP contribution in [0.15, 0.2) is 29.2 Å². The van der Waals surface area contributed by atoms with Crippen LogP contribution in [0.2, 0.25) is 0 Å². The highest BCUT2D eigenvalue weighted by molar-refractivity contribution is 7.91. The summed E-state index contributed by atoms with van der Waals surface area (Å²) in [6, 6.07) is 7.44. The maximum Gasteiger partial charge on any atom is 0.179 e. The molecule has 0 fully saturated rings. The van der Waals surface area contributed by atoms with Gasteiger partial charge >= 0.3 is 0 Å². The third-order valence-corrected chi connectivity index (χ3v) is 7.10. The van der Waals surface area contributed by atoms with E-state index in [1.54, 1.807) is 12.1 Å². The van der Waals surface area contributed by atoms with Gasteiger partial charge in [-0.05, 0) is 29.9 Å². The van der Waals surface area contributed by atoms with Crippen molar-refractivity contribution in [1.29, 1.82) is 0 Å². The summed E-state index contributed by atoms with van der Waals surface area (Å²) in [6.45, 7) is 4.29. The molecule has 20 heavy (non-hydrogen) atoms. The Labute approximate surface area is 127 Å². The molecule has 0 saturated heterocycles. The molecule has 4 heteroatoms. The Morgan fingerprint density at radius 3 is 2.60 bits per heavy atom. The van der Waals surface area contributed by atoms with Crippen molar-refractivity contribution in [3.05, 3.63) is 29.8 Å². The first-order valence-electron chi connectivity index (χ1n) is 7.38. The molecule has 1 aliphatic heterocycles. The van der Waals surface area contributed by atoms with Crippen LogP contribution >= 0.6 is 11.6 Å². The van der Waals surface area contributed by atoms with E-state index in [-0.39, 0.29) is 17.1 Å². The Bertz CT molecular complexity index is 562. The molecular formula is C16H23ClO2S. The van der Waals surface area contributed by atoms with Crippen molar-refractivity contribution in [2.45, 2.75) is 50.3 Å². The maximum absolute atomic E-state index is 12.4. The predicted molar refractivity (Wildman–Crippen MR) is 84.2 cm³/mol. The second-order valence-corrected chi connectivity index (χ2v) is 8.09. The zero-order valence-electron chi connectivity index (χ0n) is 12.2. The molecule has 0 spiro atoms. The molecule has 0 N–H and O–H groups in total. The van der Waals surface area contributed by atoms with E-state index in [9.17, 15) is 8.42 Å². The summed E-state index contributed by atoms with van der Waals surface area (Å²) >= 11 is 6.31. The third-order valence-electron chi connectivity index (χ3n) is 4.75. The lowest BCUT2D eigenvalue weighted by Gasteiger charge is -2.37. The van der Waals surface area contributed by atoms with Gasteiger partial charge in [0.2, 0.25) is 0 Å². The molecule has 0 saturated carbocycles. The number of fused-ring (bicyclic) bond motifs is 1. The molecule has 0 amide bonds. The van der Waals surface area contributed by atoms with Crippen molar-refractivity contribution in [3.8, 4) is 0 Å². The monoisotopic (exact) mass is 314 g/mol. The van der Waals surface area contributed by atoms with Crippen molar-refractivity contribution in [2.24, 2.45) is 5.41 Å². The highest BCUT2D eigenvalue weighted by Crippen LogP contribution is 2.50. The number of hydrogen-bond donors (Lipinski definition) is 0. The van der Waals surface area contributed by atoms with Gasteiger partial charge in [-0.2, -0.15) is 0 Å². The number of alkyl halides is 1. The van der Waals surface area contributed by atoms with Crippen LogP contribution in [0.3, 0.4) is 0 Å². The van der Waals surface area contributed by atoms with Crippen LogP contribution in [0.25, 0.3) is 0 Å². The van der Waals surface area contributed by atoms with Crippen LogP contribution in [0, 0.1) is 5.41 Å². The molecule has 1 aromatic carbocycles. The minimum atomic E-state index is -3.14. The third kappa shape index (κ3) is 2.62.